The van der Waals surface area contributed by atoms with Crippen LogP contribution >= 0.6 is 11.6 Å². The van der Waals surface area contributed by atoms with Crippen molar-refractivity contribution in [3.8, 4) is 0 Å². The predicted molar refractivity (Wildman–Crippen MR) is 52.5 cm³/mol. The second kappa shape index (κ2) is 3.62. The van der Waals surface area contributed by atoms with Gasteiger partial charge < -0.3 is 0 Å². The van der Waals surface area contributed by atoms with E-state index in [4.69, 9.17) is 11.6 Å². The summed E-state index contributed by atoms with van der Waals surface area (Å²) in [5.41, 5.74) is 0.258. The topological polar surface area (TPSA) is 12.9 Å². The Kier molecular flexibility index (Phi) is 2.91. The summed E-state index contributed by atoms with van der Waals surface area (Å²) in [6.07, 6.45) is 2.33. The third-order valence-electron chi connectivity index (χ3n) is 2.33. The molecule has 3 heteroatoms. The van der Waals surface area contributed by atoms with Gasteiger partial charge in [-0.2, -0.15) is 0 Å². The highest BCUT2D eigenvalue weighted by atomic mass is 35.5. The fraction of sp³-hybridized carbons (Fsp3) is 0.500. The van der Waals surface area contributed by atoms with E-state index in [1.807, 2.05) is 20.8 Å². The van der Waals surface area contributed by atoms with Crippen molar-refractivity contribution in [1.29, 1.82) is 0 Å². The van der Waals surface area contributed by atoms with Gasteiger partial charge in [-0.05, 0) is 12.5 Å². The van der Waals surface area contributed by atoms with E-state index in [1.165, 1.54) is 12.3 Å². The van der Waals surface area contributed by atoms with Crippen LogP contribution in [0.2, 0.25) is 5.02 Å². The van der Waals surface area contributed by atoms with Gasteiger partial charge in [-0.15, -0.1) is 0 Å². The lowest BCUT2D eigenvalue weighted by atomic mass is 9.86. The first kappa shape index (κ1) is 10.5. The van der Waals surface area contributed by atoms with Gasteiger partial charge in [0.25, 0.3) is 0 Å². The highest BCUT2D eigenvalue weighted by molar-refractivity contribution is 6.30. The molecule has 0 N–H and O–H groups in total. The highest BCUT2D eigenvalue weighted by Crippen LogP contribution is 2.27. The van der Waals surface area contributed by atoms with Gasteiger partial charge in [0.15, 0.2) is 0 Å². The van der Waals surface area contributed by atoms with E-state index >= 15 is 0 Å². The van der Waals surface area contributed by atoms with Crippen LogP contribution in [0.4, 0.5) is 4.39 Å². The molecule has 1 rings (SSSR count). The molecule has 0 aliphatic carbocycles. The van der Waals surface area contributed by atoms with Crippen molar-refractivity contribution >= 4 is 11.6 Å². The molecule has 1 heterocycles. The zero-order valence-electron chi connectivity index (χ0n) is 8.06. The van der Waals surface area contributed by atoms with E-state index in [2.05, 4.69) is 4.98 Å². The number of nitrogens with zero attached hydrogens (tertiary/aromatic N) is 1. The second-order valence-electron chi connectivity index (χ2n) is 3.72. The van der Waals surface area contributed by atoms with Gasteiger partial charge in [0.05, 0.1) is 10.7 Å². The Hall–Kier alpha value is -0.630. The molecule has 0 aliphatic rings. The van der Waals surface area contributed by atoms with E-state index in [0.29, 0.717) is 10.7 Å². The van der Waals surface area contributed by atoms with Gasteiger partial charge in [0.1, 0.15) is 5.82 Å². The number of halogens is 2. The minimum absolute atomic E-state index is 0.228. The molecule has 0 amide bonds. The van der Waals surface area contributed by atoms with Crippen LogP contribution in [0.3, 0.4) is 0 Å². The molecule has 1 nitrogen and oxygen atoms in total. The molecular weight excluding hydrogens is 189 g/mol. The molecule has 0 bridgehead atoms. The molecule has 0 unspecified atom stereocenters. The van der Waals surface area contributed by atoms with Crippen molar-refractivity contribution in [1.82, 2.24) is 4.98 Å². The molecular formula is C10H13ClFN. The summed E-state index contributed by atoms with van der Waals surface area (Å²) >= 11 is 5.61. The molecule has 72 valence electrons. The number of aromatic nitrogens is 1. The number of pyridine rings is 1. The molecule has 1 aromatic heterocycles. The molecule has 0 fully saturated rings. The molecule has 1 aromatic rings. The first-order chi connectivity index (χ1) is 5.97. The fourth-order valence-corrected chi connectivity index (χ4v) is 1.22. The molecule has 0 saturated heterocycles. The summed E-state index contributed by atoms with van der Waals surface area (Å²) in [5.74, 6) is -0.320. The SMILES string of the molecule is CCC(C)(C)c1ncc(Cl)cc1F. The van der Waals surface area contributed by atoms with Gasteiger partial charge in [0.2, 0.25) is 0 Å². The number of rotatable bonds is 2. The maximum atomic E-state index is 13.4. The van der Waals surface area contributed by atoms with Crippen molar-refractivity contribution in [2.24, 2.45) is 0 Å². The van der Waals surface area contributed by atoms with E-state index in [-0.39, 0.29) is 11.2 Å². The molecule has 0 aromatic carbocycles. The van der Waals surface area contributed by atoms with Crippen molar-refractivity contribution in [3.05, 3.63) is 28.8 Å². The van der Waals surface area contributed by atoms with Crippen LogP contribution in [0.15, 0.2) is 12.3 Å². The molecule has 0 aliphatic heterocycles. The van der Waals surface area contributed by atoms with Gasteiger partial charge in [-0.1, -0.05) is 32.4 Å². The Morgan fingerprint density at radius 1 is 1.54 bits per heavy atom. The number of hydrogen-bond acceptors (Lipinski definition) is 1. The van der Waals surface area contributed by atoms with Crippen LogP contribution in [0.25, 0.3) is 0 Å². The van der Waals surface area contributed by atoms with Crippen LogP contribution in [0.5, 0.6) is 0 Å². The Morgan fingerprint density at radius 3 is 2.62 bits per heavy atom. The van der Waals surface area contributed by atoms with Crippen LogP contribution in [-0.2, 0) is 5.41 Å². The summed E-state index contributed by atoms with van der Waals surface area (Å²) in [6.45, 7) is 5.94. The van der Waals surface area contributed by atoms with Crippen LogP contribution in [-0.4, -0.2) is 4.98 Å². The summed E-state index contributed by atoms with van der Waals surface area (Å²) < 4.78 is 13.4. The summed E-state index contributed by atoms with van der Waals surface area (Å²) in [5, 5.41) is 0.341. The zero-order valence-corrected chi connectivity index (χ0v) is 8.82. The third kappa shape index (κ3) is 2.19. The van der Waals surface area contributed by atoms with Crippen LogP contribution in [0.1, 0.15) is 32.9 Å². The first-order valence-corrected chi connectivity index (χ1v) is 4.66. The molecule has 0 spiro atoms. The minimum Gasteiger partial charge on any atom is -0.256 e. The normalized spacial score (nSPS) is 11.8. The lowest BCUT2D eigenvalue weighted by molar-refractivity contribution is 0.452. The average Bonchev–Trinajstić information content (AvgIpc) is 2.03. The van der Waals surface area contributed by atoms with E-state index in [1.54, 1.807) is 0 Å². The molecule has 0 saturated carbocycles. The van der Waals surface area contributed by atoms with E-state index in [0.717, 1.165) is 6.42 Å². The summed E-state index contributed by atoms with van der Waals surface area (Å²) in [4.78, 5) is 4.01. The fourth-order valence-electron chi connectivity index (χ4n) is 1.08. The largest absolute Gasteiger partial charge is 0.256 e. The lowest BCUT2D eigenvalue weighted by Crippen LogP contribution is -2.19. The second-order valence-corrected chi connectivity index (χ2v) is 4.16. The standard InChI is InChI=1S/C10H13ClFN/c1-4-10(2,3)9-8(12)5-7(11)6-13-9/h5-6H,4H2,1-3H3. The number of hydrogen-bond donors (Lipinski definition) is 0. The monoisotopic (exact) mass is 201 g/mol. The lowest BCUT2D eigenvalue weighted by Gasteiger charge is -2.22. The van der Waals surface area contributed by atoms with E-state index in [9.17, 15) is 4.39 Å². The highest BCUT2D eigenvalue weighted by Gasteiger charge is 2.23. The zero-order chi connectivity index (χ0) is 10.1. The van der Waals surface area contributed by atoms with Crippen molar-refractivity contribution < 1.29 is 4.39 Å². The maximum Gasteiger partial charge on any atom is 0.146 e. The Bertz CT molecular complexity index is 310. The summed E-state index contributed by atoms with van der Waals surface area (Å²) in [6, 6.07) is 1.31. The molecule has 0 radical (unpaired) electrons. The first-order valence-electron chi connectivity index (χ1n) is 4.29. The van der Waals surface area contributed by atoms with Crippen molar-refractivity contribution in [2.75, 3.05) is 0 Å². The van der Waals surface area contributed by atoms with Crippen LogP contribution in [0, 0.1) is 5.82 Å². The van der Waals surface area contributed by atoms with E-state index < -0.39 is 0 Å². The van der Waals surface area contributed by atoms with Gasteiger partial charge in [0, 0.05) is 11.6 Å². The van der Waals surface area contributed by atoms with Crippen molar-refractivity contribution in [3.63, 3.8) is 0 Å². The Balaban J connectivity index is 3.16. The van der Waals surface area contributed by atoms with Gasteiger partial charge in [-0.25, -0.2) is 4.39 Å². The minimum atomic E-state index is -0.320. The average molecular weight is 202 g/mol. The third-order valence-corrected chi connectivity index (χ3v) is 2.54. The van der Waals surface area contributed by atoms with Gasteiger partial charge >= 0.3 is 0 Å². The molecule has 0 atom stereocenters. The quantitative estimate of drug-likeness (QED) is 0.713. The molecule has 13 heavy (non-hydrogen) atoms. The van der Waals surface area contributed by atoms with Gasteiger partial charge in [-0.3, -0.25) is 4.98 Å². The Morgan fingerprint density at radius 2 is 2.15 bits per heavy atom. The smallest absolute Gasteiger partial charge is 0.146 e. The Labute approximate surface area is 82.9 Å². The van der Waals surface area contributed by atoms with Crippen molar-refractivity contribution in [2.45, 2.75) is 32.6 Å². The summed E-state index contributed by atoms with van der Waals surface area (Å²) in [7, 11) is 0. The van der Waals surface area contributed by atoms with Crippen LogP contribution < -0.4 is 0 Å². The predicted octanol–water partition coefficient (Wildman–Crippen LogP) is 3.56. The maximum absolute atomic E-state index is 13.4.